The SMILES string of the molecule is CCOc1cc(O[C@H]2CCC3C(c4cccc(OCCCN5CC[C@@H](O)C5)c4C)=CC=CC32)c(Cl)cc1CN[C@@H](CO)C(=O)O. The number of carboxylic acids is 1. The second-order valence-corrected chi connectivity index (χ2v) is 12.5. The Balaban J connectivity index is 1.24. The number of fused-ring (bicyclic) bond motifs is 1. The number of carbonyl (C=O) groups is 1. The highest BCUT2D eigenvalue weighted by Gasteiger charge is 2.40. The zero-order valence-electron chi connectivity index (χ0n) is 26.1. The van der Waals surface area contributed by atoms with Gasteiger partial charge < -0.3 is 34.4 Å². The molecule has 2 unspecified atom stereocenters. The number of carboxylic acid groups (broad SMARTS) is 1. The first kappa shape index (κ1) is 33.3. The maximum absolute atomic E-state index is 11.3. The lowest BCUT2D eigenvalue weighted by Gasteiger charge is -2.29. The minimum atomic E-state index is -1.13. The molecule has 0 radical (unpaired) electrons. The van der Waals surface area contributed by atoms with Crippen LogP contribution in [0.5, 0.6) is 17.2 Å². The number of halogens is 1. The molecule has 0 spiro atoms. The van der Waals surface area contributed by atoms with E-state index in [1.807, 2.05) is 13.0 Å². The Morgan fingerprint density at radius 3 is 2.73 bits per heavy atom. The van der Waals surface area contributed by atoms with E-state index in [0.717, 1.165) is 56.6 Å². The first-order chi connectivity index (χ1) is 21.8. The Morgan fingerprint density at radius 2 is 2.00 bits per heavy atom. The molecule has 244 valence electrons. The Bertz CT molecular complexity index is 1400. The molecule has 2 aromatic carbocycles. The van der Waals surface area contributed by atoms with Gasteiger partial charge in [-0.25, -0.2) is 0 Å². The molecule has 45 heavy (non-hydrogen) atoms. The molecule has 0 bridgehead atoms. The van der Waals surface area contributed by atoms with Gasteiger partial charge in [-0.15, -0.1) is 0 Å². The van der Waals surface area contributed by atoms with E-state index in [9.17, 15) is 20.1 Å². The van der Waals surface area contributed by atoms with Gasteiger partial charge in [0.15, 0.2) is 0 Å². The lowest BCUT2D eigenvalue weighted by molar-refractivity contribution is -0.140. The largest absolute Gasteiger partial charge is 0.493 e. The Hall–Kier alpha value is -3.08. The highest BCUT2D eigenvalue weighted by molar-refractivity contribution is 6.32. The highest BCUT2D eigenvalue weighted by Crippen LogP contribution is 2.47. The van der Waals surface area contributed by atoms with Crippen LogP contribution in [0.4, 0.5) is 0 Å². The Kier molecular flexibility index (Phi) is 11.4. The number of rotatable bonds is 15. The fourth-order valence-electron chi connectivity index (χ4n) is 6.74. The minimum Gasteiger partial charge on any atom is -0.493 e. The molecule has 2 aliphatic carbocycles. The van der Waals surface area contributed by atoms with Crippen LogP contribution in [0.3, 0.4) is 0 Å². The van der Waals surface area contributed by atoms with Crippen molar-refractivity contribution in [3.05, 3.63) is 70.3 Å². The first-order valence-electron chi connectivity index (χ1n) is 16.0. The second kappa shape index (κ2) is 15.5. The predicted octanol–water partition coefficient (Wildman–Crippen LogP) is 4.84. The van der Waals surface area contributed by atoms with E-state index >= 15 is 0 Å². The molecule has 10 heteroatoms. The van der Waals surface area contributed by atoms with Crippen molar-refractivity contribution >= 4 is 23.1 Å². The summed E-state index contributed by atoms with van der Waals surface area (Å²) < 4.78 is 18.7. The molecule has 4 N–H and O–H groups in total. The summed E-state index contributed by atoms with van der Waals surface area (Å²) in [7, 11) is 0. The van der Waals surface area contributed by atoms with Crippen molar-refractivity contribution < 1.29 is 34.3 Å². The van der Waals surface area contributed by atoms with Gasteiger partial charge in [-0.1, -0.05) is 42.0 Å². The number of aliphatic hydroxyl groups excluding tert-OH is 2. The Labute approximate surface area is 270 Å². The molecule has 5 atom stereocenters. The monoisotopic (exact) mass is 640 g/mol. The van der Waals surface area contributed by atoms with Crippen LogP contribution in [-0.4, -0.2) is 83.9 Å². The Morgan fingerprint density at radius 1 is 1.16 bits per heavy atom. The van der Waals surface area contributed by atoms with Gasteiger partial charge in [-0.05, 0) is 74.3 Å². The summed E-state index contributed by atoms with van der Waals surface area (Å²) in [5.74, 6) is 1.35. The molecule has 0 amide bonds. The van der Waals surface area contributed by atoms with Gasteiger partial charge in [0.05, 0.1) is 30.9 Å². The zero-order valence-corrected chi connectivity index (χ0v) is 26.8. The first-order valence-corrected chi connectivity index (χ1v) is 16.4. The minimum absolute atomic E-state index is 0.0690. The third kappa shape index (κ3) is 8.02. The van der Waals surface area contributed by atoms with Crippen LogP contribution in [0.25, 0.3) is 5.57 Å². The van der Waals surface area contributed by atoms with Crippen LogP contribution < -0.4 is 19.5 Å². The van der Waals surface area contributed by atoms with E-state index in [2.05, 4.69) is 47.5 Å². The van der Waals surface area contributed by atoms with E-state index in [4.69, 9.17) is 25.8 Å². The van der Waals surface area contributed by atoms with E-state index in [0.29, 0.717) is 41.2 Å². The maximum atomic E-state index is 11.3. The van der Waals surface area contributed by atoms with Gasteiger partial charge in [0.1, 0.15) is 29.4 Å². The standard InChI is InChI=1S/C35H45ClN2O7/c1-3-43-33-18-34(29(36)17-23(33)19-37-30(21-39)35(41)42)45-32-12-11-27-26(8-4-9-28(27)32)25-7-5-10-31(22(25)2)44-16-6-14-38-15-13-24(40)20-38/h4-5,7-10,17-18,24,27-28,30,32,37,39-40H,3,6,11-16,19-21H2,1-2H3,(H,41,42)/t24-,27?,28?,30+,32+/m1/s1. The lowest BCUT2D eigenvalue weighted by atomic mass is 9.79. The number of aliphatic hydroxyl groups is 2. The summed E-state index contributed by atoms with van der Waals surface area (Å²) in [6.07, 6.45) is 9.93. The van der Waals surface area contributed by atoms with Gasteiger partial charge in [0, 0.05) is 43.7 Å². The molecular formula is C35H45ClN2O7. The molecule has 0 aromatic heterocycles. The zero-order chi connectivity index (χ0) is 31.9. The van der Waals surface area contributed by atoms with E-state index < -0.39 is 18.6 Å². The number of nitrogens with zero attached hydrogens (tertiary/aromatic N) is 1. The number of ether oxygens (including phenoxy) is 3. The molecule has 1 saturated carbocycles. The van der Waals surface area contributed by atoms with Crippen molar-refractivity contribution in [2.75, 3.05) is 39.5 Å². The number of likely N-dealkylation sites (tertiary alicyclic amines) is 1. The van der Waals surface area contributed by atoms with Gasteiger partial charge in [-0.2, -0.15) is 0 Å². The number of hydrogen-bond acceptors (Lipinski definition) is 8. The molecule has 2 aromatic rings. The molecule has 1 heterocycles. The van der Waals surface area contributed by atoms with E-state index in [-0.39, 0.29) is 24.7 Å². The number of hydrogen-bond donors (Lipinski definition) is 4. The van der Waals surface area contributed by atoms with E-state index in [1.165, 1.54) is 11.1 Å². The predicted molar refractivity (Wildman–Crippen MR) is 174 cm³/mol. The third-order valence-corrected chi connectivity index (χ3v) is 9.39. The van der Waals surface area contributed by atoms with Crippen LogP contribution in [-0.2, 0) is 11.3 Å². The van der Waals surface area contributed by atoms with Crippen LogP contribution in [0.1, 0.15) is 49.3 Å². The fraction of sp³-hybridized carbons (Fsp3) is 0.514. The summed E-state index contributed by atoms with van der Waals surface area (Å²) in [6.45, 7) is 7.36. The second-order valence-electron chi connectivity index (χ2n) is 12.1. The summed E-state index contributed by atoms with van der Waals surface area (Å²) in [5, 5.41) is 31.6. The van der Waals surface area contributed by atoms with Crippen molar-refractivity contribution in [3.63, 3.8) is 0 Å². The molecular weight excluding hydrogens is 596 g/mol. The molecule has 9 nitrogen and oxygen atoms in total. The van der Waals surface area contributed by atoms with E-state index in [1.54, 1.807) is 12.1 Å². The highest BCUT2D eigenvalue weighted by atomic mass is 35.5. The van der Waals surface area contributed by atoms with Crippen LogP contribution in [0, 0.1) is 18.8 Å². The number of β-amino-alcohol motifs (C(OH)–C–C–N with tert-alkyl or cyclic N) is 1. The van der Waals surface area contributed by atoms with Crippen molar-refractivity contribution in [1.82, 2.24) is 10.2 Å². The average molecular weight is 641 g/mol. The van der Waals surface area contributed by atoms with Gasteiger partial charge in [-0.3, -0.25) is 10.1 Å². The van der Waals surface area contributed by atoms with Crippen LogP contribution >= 0.6 is 11.6 Å². The summed E-state index contributed by atoms with van der Waals surface area (Å²) in [4.78, 5) is 13.6. The van der Waals surface area contributed by atoms with Crippen LogP contribution in [0.15, 0.2) is 48.6 Å². The lowest BCUT2D eigenvalue weighted by Crippen LogP contribution is -2.39. The van der Waals surface area contributed by atoms with Gasteiger partial charge >= 0.3 is 5.97 Å². The van der Waals surface area contributed by atoms with Crippen LogP contribution in [0.2, 0.25) is 5.02 Å². The quantitative estimate of drug-likeness (QED) is 0.203. The maximum Gasteiger partial charge on any atom is 0.323 e. The van der Waals surface area contributed by atoms with Crippen molar-refractivity contribution in [3.8, 4) is 17.2 Å². The molecule has 2 fully saturated rings. The topological polar surface area (TPSA) is 121 Å². The summed E-state index contributed by atoms with van der Waals surface area (Å²) >= 11 is 6.69. The molecule has 1 aliphatic heterocycles. The number of allylic oxidation sites excluding steroid dienone is 3. The number of aliphatic carboxylic acids is 1. The summed E-state index contributed by atoms with van der Waals surface area (Å²) in [5.41, 5.74) is 4.32. The number of nitrogens with one attached hydrogen (secondary N) is 1. The number of benzene rings is 2. The van der Waals surface area contributed by atoms with Crippen molar-refractivity contribution in [2.24, 2.45) is 11.8 Å². The van der Waals surface area contributed by atoms with Crippen molar-refractivity contribution in [2.45, 2.75) is 64.3 Å². The normalized spacial score (nSPS) is 23.4. The average Bonchev–Trinajstić information content (AvgIpc) is 3.64. The summed E-state index contributed by atoms with van der Waals surface area (Å²) in [6, 6.07) is 8.72. The molecule has 3 aliphatic rings. The van der Waals surface area contributed by atoms with Crippen molar-refractivity contribution in [1.29, 1.82) is 0 Å². The van der Waals surface area contributed by atoms with Gasteiger partial charge in [0.25, 0.3) is 0 Å². The molecule has 1 saturated heterocycles. The smallest absolute Gasteiger partial charge is 0.323 e. The third-order valence-electron chi connectivity index (χ3n) is 9.10. The fourth-order valence-corrected chi connectivity index (χ4v) is 6.97. The van der Waals surface area contributed by atoms with Gasteiger partial charge in [0.2, 0.25) is 0 Å². The molecule has 5 rings (SSSR count).